The molecule has 0 atom stereocenters. The van der Waals surface area contributed by atoms with Crippen LogP contribution in [0.15, 0.2) is 18.2 Å². The molecule has 0 heterocycles. The molecule has 0 heteroatoms. The first-order valence-electron chi connectivity index (χ1n) is 8.13. The van der Waals surface area contributed by atoms with Gasteiger partial charge in [-0.05, 0) is 25.3 Å². The monoisotopic (exact) mass is 249 g/mol. The highest BCUT2D eigenvalue weighted by atomic mass is 14.0. The standard InChI is InChI=1S/C18H33/c1-3-5-7-9-11-13-15-17-18-16-14-12-10-8-6-4-2/h10,12,14H,3-7,9,11,13,15-18H2,1-2H3. The maximum atomic E-state index is 3.26. The minimum atomic E-state index is 1.09. The second kappa shape index (κ2) is 16.5. The van der Waals surface area contributed by atoms with E-state index < -0.39 is 0 Å². The molecule has 1 radical (unpaired) electrons. The molecule has 105 valence electrons. The van der Waals surface area contributed by atoms with Crippen molar-refractivity contribution in [3.8, 4) is 0 Å². The number of rotatable bonds is 13. The van der Waals surface area contributed by atoms with Gasteiger partial charge in [0.15, 0.2) is 0 Å². The highest BCUT2D eigenvalue weighted by Gasteiger charge is 1.90. The maximum absolute atomic E-state index is 3.26. The van der Waals surface area contributed by atoms with E-state index in [-0.39, 0.29) is 0 Å². The highest BCUT2D eigenvalue weighted by Crippen LogP contribution is 2.10. The second-order valence-corrected chi connectivity index (χ2v) is 5.17. The van der Waals surface area contributed by atoms with E-state index in [0.29, 0.717) is 0 Å². The molecule has 0 aliphatic heterocycles. The van der Waals surface area contributed by atoms with Crippen molar-refractivity contribution in [1.82, 2.24) is 0 Å². The van der Waals surface area contributed by atoms with Gasteiger partial charge >= 0.3 is 0 Å². The van der Waals surface area contributed by atoms with E-state index in [1.807, 2.05) is 0 Å². The summed E-state index contributed by atoms with van der Waals surface area (Å²) in [6.07, 6.45) is 26.0. The van der Waals surface area contributed by atoms with Crippen molar-refractivity contribution in [1.29, 1.82) is 0 Å². The maximum Gasteiger partial charge on any atom is -0.0279 e. The lowest BCUT2D eigenvalue weighted by atomic mass is 10.1. The molecule has 0 aliphatic rings. The fourth-order valence-corrected chi connectivity index (χ4v) is 2.03. The molecule has 0 aromatic heterocycles. The van der Waals surface area contributed by atoms with E-state index in [9.17, 15) is 0 Å². The average Bonchev–Trinajstić information content (AvgIpc) is 2.39. The van der Waals surface area contributed by atoms with Gasteiger partial charge in [0.2, 0.25) is 0 Å². The van der Waals surface area contributed by atoms with Gasteiger partial charge in [0.1, 0.15) is 0 Å². The Balaban J connectivity index is 3.07. The van der Waals surface area contributed by atoms with Gasteiger partial charge in [-0.3, -0.25) is 0 Å². The van der Waals surface area contributed by atoms with E-state index in [0.717, 1.165) is 6.42 Å². The van der Waals surface area contributed by atoms with Gasteiger partial charge in [-0.1, -0.05) is 89.9 Å². The fraction of sp³-hybridized carbons (Fsp3) is 0.778. The molecule has 0 amide bonds. The van der Waals surface area contributed by atoms with Crippen molar-refractivity contribution in [2.75, 3.05) is 0 Å². The van der Waals surface area contributed by atoms with E-state index in [1.54, 1.807) is 0 Å². The fourth-order valence-electron chi connectivity index (χ4n) is 2.03. The summed E-state index contributed by atoms with van der Waals surface area (Å²) >= 11 is 0. The third kappa shape index (κ3) is 15.5. The summed E-state index contributed by atoms with van der Waals surface area (Å²) in [4.78, 5) is 0. The largest absolute Gasteiger partial charge is 0.0845 e. The summed E-state index contributed by atoms with van der Waals surface area (Å²) in [6, 6.07) is 0. The normalized spacial score (nSPS) is 11.9. The molecule has 0 saturated heterocycles. The summed E-state index contributed by atoms with van der Waals surface area (Å²) in [5.41, 5.74) is 0. The Morgan fingerprint density at radius 1 is 0.722 bits per heavy atom. The molecule has 18 heavy (non-hydrogen) atoms. The van der Waals surface area contributed by atoms with E-state index >= 15 is 0 Å². The topological polar surface area (TPSA) is 0 Å². The first-order chi connectivity index (χ1) is 8.91. The minimum Gasteiger partial charge on any atom is -0.0845 e. The Morgan fingerprint density at radius 3 is 1.94 bits per heavy atom. The smallest absolute Gasteiger partial charge is 0.0279 e. The van der Waals surface area contributed by atoms with E-state index in [2.05, 4.69) is 38.2 Å². The van der Waals surface area contributed by atoms with Gasteiger partial charge in [-0.2, -0.15) is 0 Å². The third-order valence-electron chi connectivity index (χ3n) is 3.22. The van der Waals surface area contributed by atoms with Crippen LogP contribution in [0.4, 0.5) is 0 Å². The quantitative estimate of drug-likeness (QED) is 0.254. The van der Waals surface area contributed by atoms with Gasteiger partial charge < -0.3 is 0 Å². The number of allylic oxidation sites excluding steroid dienone is 4. The average molecular weight is 249 g/mol. The zero-order valence-electron chi connectivity index (χ0n) is 12.7. The van der Waals surface area contributed by atoms with E-state index in [4.69, 9.17) is 0 Å². The van der Waals surface area contributed by atoms with Gasteiger partial charge in [0.05, 0.1) is 0 Å². The van der Waals surface area contributed by atoms with Gasteiger partial charge in [-0.25, -0.2) is 0 Å². The van der Waals surface area contributed by atoms with Crippen LogP contribution in [0.5, 0.6) is 0 Å². The van der Waals surface area contributed by atoms with Crippen LogP contribution in [0.25, 0.3) is 0 Å². The number of hydrogen-bond acceptors (Lipinski definition) is 0. The summed E-state index contributed by atoms with van der Waals surface area (Å²) in [6.45, 7) is 4.47. The van der Waals surface area contributed by atoms with E-state index in [1.165, 1.54) is 70.6 Å². The van der Waals surface area contributed by atoms with Crippen molar-refractivity contribution in [3.63, 3.8) is 0 Å². The van der Waals surface area contributed by atoms with Crippen LogP contribution in [0.1, 0.15) is 90.9 Å². The summed E-state index contributed by atoms with van der Waals surface area (Å²) in [5.74, 6) is 0. The first kappa shape index (κ1) is 17.5. The zero-order valence-corrected chi connectivity index (χ0v) is 12.7. The molecule has 0 rings (SSSR count). The second-order valence-electron chi connectivity index (χ2n) is 5.17. The lowest BCUT2D eigenvalue weighted by Gasteiger charge is -2.00. The molecule has 0 nitrogen and oxygen atoms in total. The predicted octanol–water partition coefficient (Wildman–Crippen LogP) is 6.62. The number of unbranched alkanes of at least 4 members (excludes halogenated alkanes) is 10. The third-order valence-corrected chi connectivity index (χ3v) is 3.22. The van der Waals surface area contributed by atoms with Crippen LogP contribution < -0.4 is 0 Å². The van der Waals surface area contributed by atoms with Crippen molar-refractivity contribution in [2.45, 2.75) is 90.9 Å². The molecule has 0 aromatic carbocycles. The molecule has 0 aromatic rings. The molecule has 0 saturated carbocycles. The predicted molar refractivity (Wildman–Crippen MR) is 83.7 cm³/mol. The summed E-state index contributed by atoms with van der Waals surface area (Å²) in [5, 5.41) is 0. The Bertz CT molecular complexity index is 188. The molecule has 0 bridgehead atoms. The lowest BCUT2D eigenvalue weighted by molar-refractivity contribution is 0.566. The van der Waals surface area contributed by atoms with Crippen LogP contribution >= 0.6 is 0 Å². The molecule has 0 fully saturated rings. The molecule has 0 unspecified atom stereocenters. The SMILES string of the molecule is CCC/[C]=C/C=CCCCCCCCCCCC. The molecule has 0 spiro atoms. The molecular weight excluding hydrogens is 216 g/mol. The minimum absolute atomic E-state index is 1.09. The highest BCUT2D eigenvalue weighted by molar-refractivity contribution is 4.98. The summed E-state index contributed by atoms with van der Waals surface area (Å²) < 4.78 is 0. The molecular formula is C18H33. The molecule has 0 aliphatic carbocycles. The van der Waals surface area contributed by atoms with Gasteiger partial charge in [-0.15, -0.1) is 0 Å². The molecule has 0 N–H and O–H groups in total. The van der Waals surface area contributed by atoms with Crippen molar-refractivity contribution < 1.29 is 0 Å². The number of hydrogen-bond donors (Lipinski definition) is 0. The Hall–Kier alpha value is -0.520. The van der Waals surface area contributed by atoms with Gasteiger partial charge in [0, 0.05) is 0 Å². The first-order valence-corrected chi connectivity index (χ1v) is 8.13. The van der Waals surface area contributed by atoms with Crippen molar-refractivity contribution in [2.24, 2.45) is 0 Å². The zero-order chi connectivity index (χ0) is 13.3. The van der Waals surface area contributed by atoms with Crippen LogP contribution in [0, 0.1) is 6.08 Å². The van der Waals surface area contributed by atoms with Crippen LogP contribution in [-0.2, 0) is 0 Å². The Morgan fingerprint density at radius 2 is 1.33 bits per heavy atom. The lowest BCUT2D eigenvalue weighted by Crippen LogP contribution is -1.80. The van der Waals surface area contributed by atoms with Gasteiger partial charge in [0.25, 0.3) is 0 Å². The van der Waals surface area contributed by atoms with Crippen LogP contribution in [-0.4, -0.2) is 0 Å². The Labute approximate surface area is 116 Å². The Kier molecular flexibility index (Phi) is 16.0. The summed E-state index contributed by atoms with van der Waals surface area (Å²) in [7, 11) is 0. The van der Waals surface area contributed by atoms with Crippen LogP contribution in [0.3, 0.4) is 0 Å². The van der Waals surface area contributed by atoms with Crippen molar-refractivity contribution >= 4 is 0 Å². The van der Waals surface area contributed by atoms with Crippen molar-refractivity contribution in [3.05, 3.63) is 24.3 Å². The van der Waals surface area contributed by atoms with Crippen LogP contribution in [0.2, 0.25) is 0 Å².